The molecule has 4 N–H and O–H groups in total. The summed E-state index contributed by atoms with van der Waals surface area (Å²) in [7, 11) is 0. The van der Waals surface area contributed by atoms with Gasteiger partial charge in [0, 0.05) is 43.1 Å². The molecule has 0 radical (unpaired) electrons. The first-order valence-corrected chi connectivity index (χ1v) is 6.08. The topological polar surface area (TPSA) is 69.7 Å². The standard InChI is InChI=1S/C13H22N2O2.ClH/c1-3-15(4-2)10-5-6-11(13(17)9-10)12(14)7-8-16;/h5-6,9,12,16-17H,3-4,7-8,14H2,1-2H3;1H/t12-;/m0./s1. The van der Waals surface area contributed by atoms with E-state index in [1.807, 2.05) is 12.1 Å². The quantitative estimate of drug-likeness (QED) is 0.743. The molecule has 1 aromatic carbocycles. The van der Waals surface area contributed by atoms with Crippen LogP contribution >= 0.6 is 12.4 Å². The van der Waals surface area contributed by atoms with Gasteiger partial charge in [0.2, 0.25) is 0 Å². The molecule has 104 valence electrons. The van der Waals surface area contributed by atoms with Crippen molar-refractivity contribution in [2.45, 2.75) is 26.3 Å². The number of hydrogen-bond acceptors (Lipinski definition) is 4. The Bertz CT molecular complexity index is 357. The van der Waals surface area contributed by atoms with Crippen LogP contribution in [0, 0.1) is 0 Å². The molecule has 0 aliphatic rings. The Hall–Kier alpha value is -0.970. The van der Waals surface area contributed by atoms with Crippen molar-refractivity contribution in [3.63, 3.8) is 0 Å². The van der Waals surface area contributed by atoms with Gasteiger partial charge in [0.25, 0.3) is 0 Å². The van der Waals surface area contributed by atoms with Crippen molar-refractivity contribution in [2.75, 3.05) is 24.6 Å². The largest absolute Gasteiger partial charge is 0.508 e. The summed E-state index contributed by atoms with van der Waals surface area (Å²) < 4.78 is 0. The third-order valence-electron chi connectivity index (χ3n) is 2.98. The molecule has 0 aliphatic heterocycles. The van der Waals surface area contributed by atoms with E-state index in [0.29, 0.717) is 12.0 Å². The van der Waals surface area contributed by atoms with Crippen LogP contribution in [0.5, 0.6) is 5.75 Å². The molecule has 0 unspecified atom stereocenters. The van der Waals surface area contributed by atoms with Crippen molar-refractivity contribution in [3.05, 3.63) is 23.8 Å². The third kappa shape index (κ3) is 4.05. The number of phenols is 1. The summed E-state index contributed by atoms with van der Waals surface area (Å²) in [6.07, 6.45) is 0.457. The van der Waals surface area contributed by atoms with Gasteiger partial charge in [-0.05, 0) is 26.3 Å². The highest BCUT2D eigenvalue weighted by molar-refractivity contribution is 5.85. The highest BCUT2D eigenvalue weighted by Gasteiger charge is 2.12. The van der Waals surface area contributed by atoms with Gasteiger partial charge in [-0.1, -0.05) is 6.07 Å². The van der Waals surface area contributed by atoms with E-state index in [4.69, 9.17) is 10.8 Å². The van der Waals surface area contributed by atoms with Crippen LogP contribution in [0.25, 0.3) is 0 Å². The van der Waals surface area contributed by atoms with Crippen molar-refractivity contribution in [3.8, 4) is 5.75 Å². The van der Waals surface area contributed by atoms with Gasteiger partial charge >= 0.3 is 0 Å². The van der Waals surface area contributed by atoms with Gasteiger partial charge in [0.15, 0.2) is 0 Å². The third-order valence-corrected chi connectivity index (χ3v) is 2.98. The Balaban J connectivity index is 0.00000289. The van der Waals surface area contributed by atoms with Crippen molar-refractivity contribution < 1.29 is 10.2 Å². The first kappa shape index (κ1) is 17.0. The van der Waals surface area contributed by atoms with Crippen LogP contribution in [0.1, 0.15) is 31.9 Å². The van der Waals surface area contributed by atoms with Crippen molar-refractivity contribution in [2.24, 2.45) is 5.73 Å². The number of anilines is 1. The molecule has 0 saturated carbocycles. The first-order valence-electron chi connectivity index (χ1n) is 6.08. The van der Waals surface area contributed by atoms with Gasteiger partial charge in [0.05, 0.1) is 0 Å². The van der Waals surface area contributed by atoms with Crippen LogP contribution in [0.4, 0.5) is 5.69 Å². The molecule has 0 saturated heterocycles. The molecular formula is C13H23ClN2O2. The second kappa shape index (κ2) is 8.19. The summed E-state index contributed by atoms with van der Waals surface area (Å²) in [5.74, 6) is 0.204. The Kier molecular flexibility index (Phi) is 7.75. The van der Waals surface area contributed by atoms with E-state index in [-0.39, 0.29) is 30.8 Å². The lowest BCUT2D eigenvalue weighted by Gasteiger charge is -2.22. The van der Waals surface area contributed by atoms with Crippen LogP contribution in [0.3, 0.4) is 0 Å². The number of aromatic hydroxyl groups is 1. The Morgan fingerprint density at radius 1 is 1.28 bits per heavy atom. The smallest absolute Gasteiger partial charge is 0.122 e. The summed E-state index contributed by atoms with van der Waals surface area (Å²) in [6, 6.07) is 5.22. The summed E-state index contributed by atoms with van der Waals surface area (Å²) in [6.45, 7) is 5.98. The molecule has 18 heavy (non-hydrogen) atoms. The Labute approximate surface area is 115 Å². The molecule has 0 aliphatic carbocycles. The average Bonchev–Trinajstić information content (AvgIpc) is 2.31. The number of aliphatic hydroxyl groups excluding tert-OH is 1. The van der Waals surface area contributed by atoms with Gasteiger partial charge < -0.3 is 20.8 Å². The molecule has 0 bridgehead atoms. The predicted octanol–water partition coefficient (Wildman–Crippen LogP) is 2.04. The van der Waals surface area contributed by atoms with E-state index in [0.717, 1.165) is 18.8 Å². The zero-order valence-electron chi connectivity index (χ0n) is 11.0. The molecule has 5 heteroatoms. The minimum Gasteiger partial charge on any atom is -0.508 e. The van der Waals surface area contributed by atoms with Crippen molar-refractivity contribution in [1.29, 1.82) is 0 Å². The molecule has 0 fully saturated rings. The van der Waals surface area contributed by atoms with E-state index in [1.54, 1.807) is 6.07 Å². The fourth-order valence-corrected chi connectivity index (χ4v) is 1.93. The Morgan fingerprint density at radius 2 is 1.89 bits per heavy atom. The minimum absolute atomic E-state index is 0. The maximum Gasteiger partial charge on any atom is 0.122 e. The van der Waals surface area contributed by atoms with Crippen LogP contribution in [-0.4, -0.2) is 29.9 Å². The monoisotopic (exact) mass is 274 g/mol. The van der Waals surface area contributed by atoms with Crippen LogP contribution < -0.4 is 10.6 Å². The van der Waals surface area contributed by atoms with Gasteiger partial charge in [-0.25, -0.2) is 0 Å². The van der Waals surface area contributed by atoms with Gasteiger partial charge in [-0.2, -0.15) is 0 Å². The lowest BCUT2D eigenvalue weighted by atomic mass is 10.0. The molecule has 1 rings (SSSR count). The zero-order chi connectivity index (χ0) is 12.8. The van der Waals surface area contributed by atoms with E-state index < -0.39 is 0 Å². The highest BCUT2D eigenvalue weighted by Crippen LogP contribution is 2.29. The molecule has 4 nitrogen and oxygen atoms in total. The molecule has 0 spiro atoms. The number of benzene rings is 1. The molecular weight excluding hydrogens is 252 g/mol. The fraction of sp³-hybridized carbons (Fsp3) is 0.538. The van der Waals surface area contributed by atoms with Crippen LogP contribution in [-0.2, 0) is 0 Å². The lowest BCUT2D eigenvalue weighted by Crippen LogP contribution is -2.22. The molecule has 0 amide bonds. The van der Waals surface area contributed by atoms with E-state index in [9.17, 15) is 5.11 Å². The summed E-state index contributed by atoms with van der Waals surface area (Å²) in [5.41, 5.74) is 7.55. The van der Waals surface area contributed by atoms with Gasteiger partial charge in [-0.15, -0.1) is 12.4 Å². The number of hydrogen-bond donors (Lipinski definition) is 3. The summed E-state index contributed by atoms with van der Waals surface area (Å²) in [4.78, 5) is 2.15. The van der Waals surface area contributed by atoms with Crippen molar-refractivity contribution >= 4 is 18.1 Å². The molecule has 0 heterocycles. The lowest BCUT2D eigenvalue weighted by molar-refractivity contribution is 0.275. The molecule has 1 atom stereocenters. The van der Waals surface area contributed by atoms with Crippen LogP contribution in [0.2, 0.25) is 0 Å². The summed E-state index contributed by atoms with van der Waals surface area (Å²) in [5, 5.41) is 18.8. The summed E-state index contributed by atoms with van der Waals surface area (Å²) >= 11 is 0. The van der Waals surface area contributed by atoms with Crippen LogP contribution in [0.15, 0.2) is 18.2 Å². The number of phenolic OH excluding ortho intramolecular Hbond substituents is 1. The second-order valence-corrected chi connectivity index (χ2v) is 4.03. The van der Waals surface area contributed by atoms with Gasteiger partial charge in [0.1, 0.15) is 5.75 Å². The minimum atomic E-state index is -0.314. The number of rotatable bonds is 6. The SMILES string of the molecule is CCN(CC)c1ccc([C@@H](N)CCO)c(O)c1.Cl. The number of nitrogens with two attached hydrogens (primary N) is 1. The number of aliphatic hydroxyl groups is 1. The first-order chi connectivity index (χ1) is 8.13. The molecule has 0 aromatic heterocycles. The van der Waals surface area contributed by atoms with Gasteiger partial charge in [-0.3, -0.25) is 0 Å². The maximum atomic E-state index is 9.94. The maximum absolute atomic E-state index is 9.94. The highest BCUT2D eigenvalue weighted by atomic mass is 35.5. The average molecular weight is 275 g/mol. The molecule has 1 aromatic rings. The van der Waals surface area contributed by atoms with E-state index in [2.05, 4.69) is 18.7 Å². The normalized spacial score (nSPS) is 11.8. The van der Waals surface area contributed by atoms with Crippen molar-refractivity contribution in [1.82, 2.24) is 0 Å². The zero-order valence-corrected chi connectivity index (χ0v) is 11.8. The Morgan fingerprint density at radius 3 is 2.33 bits per heavy atom. The number of halogens is 1. The fourth-order valence-electron chi connectivity index (χ4n) is 1.93. The van der Waals surface area contributed by atoms with E-state index >= 15 is 0 Å². The predicted molar refractivity (Wildman–Crippen MR) is 77.5 cm³/mol. The second-order valence-electron chi connectivity index (χ2n) is 4.03. The van der Waals surface area contributed by atoms with E-state index in [1.165, 1.54) is 0 Å². The number of nitrogens with zero attached hydrogens (tertiary/aromatic N) is 1.